The van der Waals surface area contributed by atoms with Gasteiger partial charge in [0.25, 0.3) is 0 Å². The molecule has 0 aliphatic carbocycles. The third-order valence-corrected chi connectivity index (χ3v) is 5.29. The van der Waals surface area contributed by atoms with E-state index in [1.165, 1.54) is 5.56 Å². The number of para-hydroxylation sites is 1. The van der Waals surface area contributed by atoms with Gasteiger partial charge in [-0.1, -0.05) is 18.2 Å². The number of fused-ring (bicyclic) bond motifs is 2. The molecule has 1 fully saturated rings. The average molecular weight is 354 g/mol. The van der Waals surface area contributed by atoms with Crippen LogP contribution in [0.3, 0.4) is 0 Å². The molecule has 0 atom stereocenters. The molecule has 2 aliphatic heterocycles. The lowest BCUT2D eigenvalue weighted by molar-refractivity contribution is -0.00571. The van der Waals surface area contributed by atoms with Crippen molar-refractivity contribution in [2.75, 3.05) is 38.2 Å². The Morgan fingerprint density at radius 2 is 1.96 bits per heavy atom. The third-order valence-electron chi connectivity index (χ3n) is 5.29. The van der Waals surface area contributed by atoms with Crippen LogP contribution >= 0.6 is 0 Å². The van der Waals surface area contributed by atoms with Crippen molar-refractivity contribution < 1.29 is 9.47 Å². The molecule has 26 heavy (non-hydrogen) atoms. The molecule has 0 saturated carbocycles. The van der Waals surface area contributed by atoms with E-state index in [4.69, 9.17) is 9.47 Å². The fourth-order valence-electron chi connectivity index (χ4n) is 3.62. The number of ether oxygens (including phenoxy) is 2. The lowest BCUT2D eigenvalue weighted by Crippen LogP contribution is -2.53. The normalized spacial score (nSPS) is 17.6. The zero-order valence-electron chi connectivity index (χ0n) is 15.5. The second-order valence-electron chi connectivity index (χ2n) is 7.49. The van der Waals surface area contributed by atoms with Gasteiger partial charge in [-0.2, -0.15) is 0 Å². The minimum atomic E-state index is 0.0285. The van der Waals surface area contributed by atoms with E-state index in [1.807, 2.05) is 18.2 Å². The van der Waals surface area contributed by atoms with Gasteiger partial charge in [-0.15, -0.1) is 0 Å². The van der Waals surface area contributed by atoms with Gasteiger partial charge in [0.2, 0.25) is 0 Å². The predicted octanol–water partition coefficient (Wildman–Crippen LogP) is 2.48. The molecule has 3 heterocycles. The van der Waals surface area contributed by atoms with E-state index in [1.54, 1.807) is 6.33 Å². The number of aromatic nitrogens is 2. The van der Waals surface area contributed by atoms with Crippen molar-refractivity contribution in [2.45, 2.75) is 32.4 Å². The summed E-state index contributed by atoms with van der Waals surface area (Å²) in [6.45, 7) is 9.39. The summed E-state index contributed by atoms with van der Waals surface area (Å²) in [7, 11) is 0. The quantitative estimate of drug-likeness (QED) is 0.910. The summed E-state index contributed by atoms with van der Waals surface area (Å²) < 4.78 is 11.4. The molecule has 6 heteroatoms. The predicted molar refractivity (Wildman–Crippen MR) is 101 cm³/mol. The molecule has 1 aromatic carbocycles. The van der Waals surface area contributed by atoms with Crippen molar-refractivity contribution in [3.05, 3.63) is 47.4 Å². The Morgan fingerprint density at radius 3 is 2.81 bits per heavy atom. The first-order chi connectivity index (χ1) is 12.6. The van der Waals surface area contributed by atoms with Gasteiger partial charge < -0.3 is 14.8 Å². The van der Waals surface area contributed by atoms with Crippen LogP contribution in [0.4, 0.5) is 5.82 Å². The van der Waals surface area contributed by atoms with Crippen LogP contribution in [0.2, 0.25) is 0 Å². The highest BCUT2D eigenvalue weighted by Gasteiger charge is 2.29. The number of rotatable bonds is 4. The lowest BCUT2D eigenvalue weighted by atomic mass is 10.0. The summed E-state index contributed by atoms with van der Waals surface area (Å²) in [5.74, 6) is 1.85. The molecule has 0 unspecified atom stereocenters. The van der Waals surface area contributed by atoms with Gasteiger partial charge in [-0.05, 0) is 25.5 Å². The Labute approximate surface area is 154 Å². The summed E-state index contributed by atoms with van der Waals surface area (Å²) in [6.07, 6.45) is 2.41. The monoisotopic (exact) mass is 354 g/mol. The van der Waals surface area contributed by atoms with Gasteiger partial charge >= 0.3 is 0 Å². The number of benzene rings is 1. The maximum atomic E-state index is 5.93. The highest BCUT2D eigenvalue weighted by molar-refractivity contribution is 5.51. The fraction of sp³-hybridized carbons (Fsp3) is 0.500. The molecule has 6 nitrogen and oxygen atoms in total. The van der Waals surface area contributed by atoms with Crippen LogP contribution in [0.25, 0.3) is 0 Å². The molecule has 0 spiro atoms. The van der Waals surface area contributed by atoms with Gasteiger partial charge in [-0.3, -0.25) is 4.90 Å². The maximum Gasteiger partial charge on any atom is 0.133 e. The molecule has 2 aliphatic rings. The van der Waals surface area contributed by atoms with Crippen LogP contribution in [0, 0.1) is 0 Å². The van der Waals surface area contributed by atoms with E-state index in [9.17, 15) is 0 Å². The summed E-state index contributed by atoms with van der Waals surface area (Å²) in [4.78, 5) is 11.5. The molecule has 0 radical (unpaired) electrons. The Balaban J connectivity index is 1.53. The van der Waals surface area contributed by atoms with Crippen LogP contribution in [0.5, 0.6) is 5.75 Å². The first-order valence-corrected chi connectivity index (χ1v) is 9.23. The minimum absolute atomic E-state index is 0.0285. The fourth-order valence-corrected chi connectivity index (χ4v) is 3.62. The second-order valence-corrected chi connectivity index (χ2v) is 7.49. The number of hydrogen-bond acceptors (Lipinski definition) is 6. The highest BCUT2D eigenvalue weighted by atomic mass is 16.5. The van der Waals surface area contributed by atoms with E-state index in [2.05, 4.69) is 40.1 Å². The van der Waals surface area contributed by atoms with Crippen molar-refractivity contribution in [1.82, 2.24) is 14.9 Å². The van der Waals surface area contributed by atoms with Crippen molar-refractivity contribution in [2.24, 2.45) is 0 Å². The number of hydrogen-bond donors (Lipinski definition) is 1. The van der Waals surface area contributed by atoms with Crippen LogP contribution in [0.1, 0.15) is 30.7 Å². The van der Waals surface area contributed by atoms with Crippen molar-refractivity contribution in [1.29, 1.82) is 0 Å². The molecular weight excluding hydrogens is 328 g/mol. The molecule has 2 aromatic rings. The van der Waals surface area contributed by atoms with E-state index < -0.39 is 0 Å². The summed E-state index contributed by atoms with van der Waals surface area (Å²) in [6, 6.07) is 8.18. The molecule has 0 amide bonds. The summed E-state index contributed by atoms with van der Waals surface area (Å²) in [5, 5.41) is 3.58. The van der Waals surface area contributed by atoms with Crippen LogP contribution in [0.15, 0.2) is 30.6 Å². The third kappa shape index (κ3) is 3.52. The molecule has 1 aromatic heterocycles. The Hall–Kier alpha value is -2.18. The first-order valence-electron chi connectivity index (χ1n) is 9.23. The number of nitrogens with one attached hydrogen (secondary N) is 1. The SMILES string of the molecule is CC(C)(CNc1ncnc2c1Cc1ccccc1OC2)N1CCOCC1. The Morgan fingerprint density at radius 1 is 1.15 bits per heavy atom. The van der Waals surface area contributed by atoms with Crippen molar-refractivity contribution in [3.63, 3.8) is 0 Å². The smallest absolute Gasteiger partial charge is 0.133 e. The first kappa shape index (κ1) is 17.2. The maximum absolute atomic E-state index is 5.93. The average Bonchev–Trinajstić information content (AvgIpc) is 2.87. The van der Waals surface area contributed by atoms with Gasteiger partial charge in [0.1, 0.15) is 24.5 Å². The van der Waals surface area contributed by atoms with E-state index in [0.717, 1.165) is 62.1 Å². The lowest BCUT2D eigenvalue weighted by Gasteiger charge is -2.41. The van der Waals surface area contributed by atoms with Gasteiger partial charge in [0, 0.05) is 37.2 Å². The van der Waals surface area contributed by atoms with Crippen LogP contribution in [-0.2, 0) is 17.8 Å². The molecular formula is C20H26N4O2. The standard InChI is InChI=1S/C20H26N4O2/c1-20(2,24-7-9-25-10-8-24)13-21-19-16-11-15-5-3-4-6-18(15)26-12-17(16)22-14-23-19/h3-6,14H,7-13H2,1-2H3,(H,21,22,23). The topological polar surface area (TPSA) is 59.5 Å². The van der Waals surface area contributed by atoms with E-state index in [-0.39, 0.29) is 5.54 Å². The van der Waals surface area contributed by atoms with Crippen molar-refractivity contribution in [3.8, 4) is 5.75 Å². The number of anilines is 1. The zero-order valence-corrected chi connectivity index (χ0v) is 15.5. The molecule has 1 N–H and O–H groups in total. The van der Waals surface area contributed by atoms with E-state index in [0.29, 0.717) is 6.61 Å². The Bertz CT molecular complexity index is 772. The van der Waals surface area contributed by atoms with Gasteiger partial charge in [0.15, 0.2) is 0 Å². The van der Waals surface area contributed by atoms with Gasteiger partial charge in [-0.25, -0.2) is 9.97 Å². The number of morpholine rings is 1. The summed E-state index contributed by atoms with van der Waals surface area (Å²) >= 11 is 0. The van der Waals surface area contributed by atoms with E-state index >= 15 is 0 Å². The molecule has 1 saturated heterocycles. The highest BCUT2D eigenvalue weighted by Crippen LogP contribution is 2.30. The largest absolute Gasteiger partial charge is 0.487 e. The number of nitrogens with zero attached hydrogens (tertiary/aromatic N) is 3. The molecule has 4 rings (SSSR count). The molecule has 0 bridgehead atoms. The zero-order chi connectivity index (χ0) is 18.0. The van der Waals surface area contributed by atoms with Crippen LogP contribution in [-0.4, -0.2) is 53.3 Å². The second kappa shape index (κ2) is 7.21. The molecule has 138 valence electrons. The van der Waals surface area contributed by atoms with Crippen LogP contribution < -0.4 is 10.1 Å². The Kier molecular flexibility index (Phi) is 4.78. The van der Waals surface area contributed by atoms with Gasteiger partial charge in [0.05, 0.1) is 18.9 Å². The minimum Gasteiger partial charge on any atom is -0.487 e. The summed E-state index contributed by atoms with van der Waals surface area (Å²) in [5.41, 5.74) is 3.30. The van der Waals surface area contributed by atoms with Crippen molar-refractivity contribution >= 4 is 5.82 Å².